The van der Waals surface area contributed by atoms with Crippen LogP contribution in [0.1, 0.15) is 17.5 Å². The van der Waals surface area contributed by atoms with Crippen LogP contribution in [0.4, 0.5) is 0 Å². The van der Waals surface area contributed by atoms with E-state index in [9.17, 15) is 9.59 Å². The van der Waals surface area contributed by atoms with Crippen LogP contribution >= 0.6 is 11.8 Å². The first-order valence-electron chi connectivity index (χ1n) is 4.35. The SMILES string of the molecule is COC(=O)c1nccc(SC(C)C(=O)O)n1. The maximum absolute atomic E-state index is 11.1. The molecule has 1 aromatic heterocycles. The molecule has 7 heteroatoms. The van der Waals surface area contributed by atoms with Crippen molar-refractivity contribution in [3.05, 3.63) is 18.1 Å². The van der Waals surface area contributed by atoms with E-state index in [0.717, 1.165) is 11.8 Å². The number of esters is 1. The highest BCUT2D eigenvalue weighted by Gasteiger charge is 2.15. The molecular formula is C9H10N2O4S. The first kappa shape index (κ1) is 12.4. The molecule has 16 heavy (non-hydrogen) atoms. The molecule has 0 aliphatic carbocycles. The van der Waals surface area contributed by atoms with Gasteiger partial charge >= 0.3 is 11.9 Å². The normalized spacial score (nSPS) is 11.9. The van der Waals surface area contributed by atoms with Gasteiger partial charge in [-0.05, 0) is 13.0 Å². The molecule has 0 bridgehead atoms. The quantitative estimate of drug-likeness (QED) is 0.475. The summed E-state index contributed by atoms with van der Waals surface area (Å²) in [5.41, 5.74) is 0. The zero-order chi connectivity index (χ0) is 12.1. The molecule has 1 rings (SSSR count). The van der Waals surface area contributed by atoms with Crippen molar-refractivity contribution in [2.75, 3.05) is 7.11 Å². The number of carbonyl (C=O) groups excluding carboxylic acids is 1. The molecule has 0 aliphatic heterocycles. The monoisotopic (exact) mass is 242 g/mol. The molecule has 0 aliphatic rings. The molecule has 0 fully saturated rings. The van der Waals surface area contributed by atoms with Crippen molar-refractivity contribution in [2.24, 2.45) is 0 Å². The number of carbonyl (C=O) groups is 2. The van der Waals surface area contributed by atoms with E-state index in [2.05, 4.69) is 14.7 Å². The summed E-state index contributed by atoms with van der Waals surface area (Å²) in [6.07, 6.45) is 1.39. The lowest BCUT2D eigenvalue weighted by Gasteiger charge is -2.05. The summed E-state index contributed by atoms with van der Waals surface area (Å²) in [5.74, 6) is -1.67. The maximum atomic E-state index is 11.1. The van der Waals surface area contributed by atoms with Gasteiger partial charge in [0.25, 0.3) is 0 Å². The fraction of sp³-hybridized carbons (Fsp3) is 0.333. The van der Waals surface area contributed by atoms with E-state index in [0.29, 0.717) is 5.03 Å². The second-order valence-electron chi connectivity index (χ2n) is 2.81. The van der Waals surface area contributed by atoms with Crippen molar-refractivity contribution in [2.45, 2.75) is 17.2 Å². The van der Waals surface area contributed by atoms with E-state index in [1.54, 1.807) is 0 Å². The smallest absolute Gasteiger partial charge is 0.376 e. The lowest BCUT2D eigenvalue weighted by atomic mass is 10.5. The number of hydrogen-bond acceptors (Lipinski definition) is 6. The Morgan fingerprint density at radius 2 is 2.25 bits per heavy atom. The second-order valence-corrected chi connectivity index (χ2v) is 4.17. The molecule has 0 amide bonds. The largest absolute Gasteiger partial charge is 0.480 e. The molecule has 6 nitrogen and oxygen atoms in total. The summed E-state index contributed by atoms with van der Waals surface area (Å²) < 4.78 is 4.45. The Labute approximate surface area is 96.0 Å². The van der Waals surface area contributed by atoms with Crippen LogP contribution in [-0.4, -0.2) is 39.4 Å². The highest BCUT2D eigenvalue weighted by molar-refractivity contribution is 8.00. The number of ether oxygens (including phenoxy) is 1. The topological polar surface area (TPSA) is 89.4 Å². The van der Waals surface area contributed by atoms with Crippen LogP contribution < -0.4 is 0 Å². The Bertz CT molecular complexity index is 410. The Hall–Kier alpha value is -1.63. The number of carboxylic acids is 1. The van der Waals surface area contributed by atoms with Crippen LogP contribution in [0.2, 0.25) is 0 Å². The van der Waals surface area contributed by atoms with Crippen molar-refractivity contribution in [3.63, 3.8) is 0 Å². The fourth-order valence-electron chi connectivity index (χ4n) is 0.829. The Kier molecular flexibility index (Phi) is 4.24. The van der Waals surface area contributed by atoms with Crippen LogP contribution in [0, 0.1) is 0 Å². The molecular weight excluding hydrogens is 232 g/mol. The number of aliphatic carboxylic acids is 1. The van der Waals surface area contributed by atoms with Gasteiger partial charge in [-0.3, -0.25) is 4.79 Å². The number of hydrogen-bond donors (Lipinski definition) is 1. The Morgan fingerprint density at radius 3 is 2.81 bits per heavy atom. The summed E-state index contributed by atoms with van der Waals surface area (Å²) in [6.45, 7) is 1.53. The van der Waals surface area contributed by atoms with Crippen LogP contribution in [-0.2, 0) is 9.53 Å². The van der Waals surface area contributed by atoms with E-state index in [1.165, 1.54) is 26.3 Å². The standard InChI is InChI=1S/C9H10N2O4S/c1-5(8(12)13)16-6-3-4-10-7(11-6)9(14)15-2/h3-5H,1-2H3,(H,12,13). The van der Waals surface area contributed by atoms with Gasteiger partial charge in [0.2, 0.25) is 5.82 Å². The average Bonchev–Trinajstić information content (AvgIpc) is 2.28. The molecule has 0 spiro atoms. The molecule has 0 saturated heterocycles. The molecule has 1 heterocycles. The lowest BCUT2D eigenvalue weighted by molar-refractivity contribution is -0.136. The summed E-state index contributed by atoms with van der Waals surface area (Å²) in [5, 5.41) is 8.50. The molecule has 1 aromatic rings. The van der Waals surface area contributed by atoms with Crippen LogP contribution in [0.3, 0.4) is 0 Å². The zero-order valence-corrected chi connectivity index (χ0v) is 9.52. The molecule has 1 atom stereocenters. The van der Waals surface area contributed by atoms with Crippen LogP contribution in [0.25, 0.3) is 0 Å². The van der Waals surface area contributed by atoms with Gasteiger partial charge in [-0.2, -0.15) is 0 Å². The number of rotatable bonds is 4. The summed E-state index contributed by atoms with van der Waals surface area (Å²) >= 11 is 1.04. The van der Waals surface area contributed by atoms with E-state index < -0.39 is 17.2 Å². The number of thioether (sulfide) groups is 1. The number of carboxylic acid groups (broad SMARTS) is 1. The minimum atomic E-state index is -0.941. The molecule has 0 radical (unpaired) electrons. The van der Waals surface area contributed by atoms with E-state index in [1.807, 2.05) is 0 Å². The number of aromatic nitrogens is 2. The van der Waals surface area contributed by atoms with Crippen molar-refractivity contribution < 1.29 is 19.4 Å². The van der Waals surface area contributed by atoms with Crippen molar-refractivity contribution in [1.29, 1.82) is 0 Å². The highest BCUT2D eigenvalue weighted by atomic mass is 32.2. The fourth-order valence-corrected chi connectivity index (χ4v) is 1.57. The van der Waals surface area contributed by atoms with Gasteiger partial charge < -0.3 is 9.84 Å². The van der Waals surface area contributed by atoms with Crippen LogP contribution in [0.5, 0.6) is 0 Å². The maximum Gasteiger partial charge on any atom is 0.376 e. The van der Waals surface area contributed by atoms with Gasteiger partial charge in [-0.15, -0.1) is 0 Å². The van der Waals surface area contributed by atoms with E-state index in [-0.39, 0.29) is 5.82 Å². The first-order valence-corrected chi connectivity index (χ1v) is 5.23. The van der Waals surface area contributed by atoms with E-state index in [4.69, 9.17) is 5.11 Å². The minimum Gasteiger partial charge on any atom is -0.480 e. The average molecular weight is 242 g/mol. The van der Waals surface area contributed by atoms with Gasteiger partial charge in [0.15, 0.2) is 0 Å². The molecule has 1 N–H and O–H groups in total. The molecule has 0 aromatic carbocycles. The third-order valence-electron chi connectivity index (χ3n) is 1.64. The number of nitrogens with zero attached hydrogens (tertiary/aromatic N) is 2. The third kappa shape index (κ3) is 3.20. The zero-order valence-electron chi connectivity index (χ0n) is 8.71. The third-order valence-corrected chi connectivity index (χ3v) is 2.67. The summed E-state index contributed by atoms with van der Waals surface area (Å²) in [4.78, 5) is 29.3. The van der Waals surface area contributed by atoms with Crippen LogP contribution in [0.15, 0.2) is 17.3 Å². The van der Waals surface area contributed by atoms with Crippen molar-refractivity contribution in [3.8, 4) is 0 Å². The Balaban J connectivity index is 2.82. The van der Waals surface area contributed by atoms with Gasteiger partial charge in [0.1, 0.15) is 10.3 Å². The van der Waals surface area contributed by atoms with Crippen molar-refractivity contribution >= 4 is 23.7 Å². The summed E-state index contributed by atoms with van der Waals surface area (Å²) in [7, 11) is 1.23. The molecule has 0 saturated carbocycles. The minimum absolute atomic E-state index is 0.0786. The number of methoxy groups -OCH3 is 1. The van der Waals surface area contributed by atoms with Gasteiger partial charge in [0, 0.05) is 6.20 Å². The predicted molar refractivity (Wildman–Crippen MR) is 56.3 cm³/mol. The van der Waals surface area contributed by atoms with Crippen molar-refractivity contribution in [1.82, 2.24) is 9.97 Å². The van der Waals surface area contributed by atoms with E-state index >= 15 is 0 Å². The molecule has 86 valence electrons. The highest BCUT2D eigenvalue weighted by Crippen LogP contribution is 2.20. The second kappa shape index (κ2) is 5.45. The van der Waals surface area contributed by atoms with Gasteiger partial charge in [-0.1, -0.05) is 11.8 Å². The molecule has 1 unspecified atom stereocenters. The Morgan fingerprint density at radius 1 is 1.56 bits per heavy atom. The lowest BCUT2D eigenvalue weighted by Crippen LogP contribution is -2.12. The van der Waals surface area contributed by atoms with Gasteiger partial charge in [-0.25, -0.2) is 14.8 Å². The summed E-state index contributed by atoms with van der Waals surface area (Å²) in [6, 6.07) is 1.54. The first-order chi connectivity index (χ1) is 7.54. The van der Waals surface area contributed by atoms with Gasteiger partial charge in [0.05, 0.1) is 7.11 Å². The predicted octanol–water partition coefficient (Wildman–Crippen LogP) is 0.828.